The van der Waals surface area contributed by atoms with Gasteiger partial charge in [-0.1, -0.05) is 24.8 Å². The van der Waals surface area contributed by atoms with E-state index in [4.69, 9.17) is 9.47 Å². The highest BCUT2D eigenvalue weighted by Gasteiger charge is 2.30. The Hall–Kier alpha value is -3.28. The van der Waals surface area contributed by atoms with Crippen molar-refractivity contribution in [3.05, 3.63) is 67.0 Å². The van der Waals surface area contributed by atoms with Crippen LogP contribution in [0.3, 0.4) is 0 Å². The number of hydrogen-bond acceptors (Lipinski definition) is 4. The summed E-state index contributed by atoms with van der Waals surface area (Å²) in [5, 5.41) is 0. The highest BCUT2D eigenvalue weighted by atomic mass is 16.5. The summed E-state index contributed by atoms with van der Waals surface area (Å²) < 4.78 is 13.1. The molecule has 0 aliphatic carbocycles. The van der Waals surface area contributed by atoms with E-state index >= 15 is 0 Å². The van der Waals surface area contributed by atoms with Crippen molar-refractivity contribution in [1.82, 2.24) is 14.5 Å². The molecule has 150 valence electrons. The summed E-state index contributed by atoms with van der Waals surface area (Å²) in [6.07, 6.45) is 5.52. The van der Waals surface area contributed by atoms with E-state index in [0.717, 1.165) is 37.0 Å². The maximum atomic E-state index is 13.2. The number of aromatic nitrogens is 2. The molecule has 6 heteroatoms. The third kappa shape index (κ3) is 3.83. The van der Waals surface area contributed by atoms with E-state index < -0.39 is 0 Å². The van der Waals surface area contributed by atoms with E-state index in [2.05, 4.69) is 22.2 Å². The summed E-state index contributed by atoms with van der Waals surface area (Å²) in [5.74, 6) is 1.17. The molecule has 6 nitrogen and oxygen atoms in total. The van der Waals surface area contributed by atoms with E-state index in [0.29, 0.717) is 23.7 Å². The summed E-state index contributed by atoms with van der Waals surface area (Å²) in [5.41, 5.74) is 2.68. The van der Waals surface area contributed by atoms with Gasteiger partial charge in [-0.05, 0) is 43.2 Å². The fourth-order valence-corrected chi connectivity index (χ4v) is 3.91. The number of nitrogens with zero attached hydrogens (tertiary/aromatic N) is 3. The van der Waals surface area contributed by atoms with Crippen molar-refractivity contribution < 1.29 is 14.3 Å². The van der Waals surface area contributed by atoms with Crippen LogP contribution in [-0.2, 0) is 6.54 Å². The van der Waals surface area contributed by atoms with Gasteiger partial charge in [-0.2, -0.15) is 0 Å². The maximum Gasteiger partial charge on any atom is 0.254 e. The highest BCUT2D eigenvalue weighted by Crippen LogP contribution is 2.30. The lowest BCUT2D eigenvalue weighted by Crippen LogP contribution is -2.38. The summed E-state index contributed by atoms with van der Waals surface area (Å²) in [6, 6.07) is 13.5. The molecule has 0 saturated carbocycles. The SMILES string of the molecule is C=CCOc1ccc(C(=O)N2CCC[C@@H]2Cn2cnc3ccccc32)cc1OC. The predicted octanol–water partition coefficient (Wildman–Crippen LogP) is 3.91. The number of carbonyl (C=O) groups is 1. The van der Waals surface area contributed by atoms with Crippen LogP contribution in [0.4, 0.5) is 0 Å². The average Bonchev–Trinajstić information content (AvgIpc) is 3.39. The average molecular weight is 391 g/mol. The second-order valence-electron chi connectivity index (χ2n) is 7.15. The van der Waals surface area contributed by atoms with Crippen molar-refractivity contribution in [2.45, 2.75) is 25.4 Å². The number of amides is 1. The Bertz CT molecular complexity index is 1030. The molecule has 2 heterocycles. The molecule has 1 aromatic heterocycles. The molecule has 2 aromatic carbocycles. The number of fused-ring (bicyclic) bond motifs is 1. The van der Waals surface area contributed by atoms with Crippen molar-refractivity contribution >= 4 is 16.9 Å². The Morgan fingerprint density at radius 1 is 1.28 bits per heavy atom. The van der Waals surface area contributed by atoms with Crippen LogP contribution in [-0.4, -0.2) is 46.7 Å². The number of likely N-dealkylation sites (tertiary alicyclic amines) is 1. The molecular formula is C23H25N3O3. The first kappa shape index (κ1) is 19.1. The second-order valence-corrected chi connectivity index (χ2v) is 7.15. The van der Waals surface area contributed by atoms with Crippen LogP contribution >= 0.6 is 0 Å². The van der Waals surface area contributed by atoms with Crippen molar-refractivity contribution in [3.63, 3.8) is 0 Å². The number of hydrogen-bond donors (Lipinski definition) is 0. The van der Waals surface area contributed by atoms with Crippen LogP contribution in [0.15, 0.2) is 61.4 Å². The van der Waals surface area contributed by atoms with Crippen LogP contribution in [0.2, 0.25) is 0 Å². The molecule has 0 radical (unpaired) electrons. The van der Waals surface area contributed by atoms with Gasteiger partial charge < -0.3 is 18.9 Å². The minimum atomic E-state index is 0.0190. The molecule has 1 fully saturated rings. The molecule has 29 heavy (non-hydrogen) atoms. The number of para-hydroxylation sites is 2. The lowest BCUT2D eigenvalue weighted by Gasteiger charge is -2.25. The number of ether oxygens (including phenoxy) is 2. The molecule has 1 aliphatic heterocycles. The van der Waals surface area contributed by atoms with Crippen molar-refractivity contribution in [2.24, 2.45) is 0 Å². The topological polar surface area (TPSA) is 56.6 Å². The monoisotopic (exact) mass is 391 g/mol. The van der Waals surface area contributed by atoms with Crippen LogP contribution in [0, 0.1) is 0 Å². The number of imidazole rings is 1. The minimum absolute atomic E-state index is 0.0190. The molecule has 0 unspecified atom stereocenters. The normalized spacial score (nSPS) is 16.2. The van der Waals surface area contributed by atoms with E-state index in [1.165, 1.54) is 0 Å². The highest BCUT2D eigenvalue weighted by molar-refractivity contribution is 5.95. The van der Waals surface area contributed by atoms with E-state index in [-0.39, 0.29) is 11.9 Å². The maximum absolute atomic E-state index is 13.2. The first-order valence-electron chi connectivity index (χ1n) is 9.84. The fraction of sp³-hybridized carbons (Fsp3) is 0.304. The second kappa shape index (κ2) is 8.39. The first-order chi connectivity index (χ1) is 14.2. The minimum Gasteiger partial charge on any atom is -0.493 e. The van der Waals surface area contributed by atoms with E-state index in [1.807, 2.05) is 29.4 Å². The summed E-state index contributed by atoms with van der Waals surface area (Å²) >= 11 is 0. The van der Waals surface area contributed by atoms with Crippen molar-refractivity contribution in [2.75, 3.05) is 20.3 Å². The zero-order valence-electron chi connectivity index (χ0n) is 16.6. The molecule has 1 aliphatic rings. The molecule has 1 amide bonds. The Balaban J connectivity index is 1.54. The molecule has 1 saturated heterocycles. The Kier molecular flexibility index (Phi) is 5.51. The molecule has 3 aromatic rings. The largest absolute Gasteiger partial charge is 0.493 e. The van der Waals surface area contributed by atoms with Gasteiger partial charge in [0.05, 0.1) is 30.5 Å². The van der Waals surface area contributed by atoms with Gasteiger partial charge in [0.15, 0.2) is 11.5 Å². The van der Waals surface area contributed by atoms with Crippen LogP contribution in [0.25, 0.3) is 11.0 Å². The van der Waals surface area contributed by atoms with Crippen molar-refractivity contribution in [1.29, 1.82) is 0 Å². The first-order valence-corrected chi connectivity index (χ1v) is 9.84. The smallest absolute Gasteiger partial charge is 0.254 e. The summed E-state index contributed by atoms with van der Waals surface area (Å²) in [6.45, 7) is 5.54. The Morgan fingerprint density at radius 3 is 2.97 bits per heavy atom. The van der Waals surface area contributed by atoms with E-state index in [9.17, 15) is 4.79 Å². The molecule has 0 bridgehead atoms. The zero-order valence-corrected chi connectivity index (χ0v) is 16.6. The predicted molar refractivity (Wildman–Crippen MR) is 112 cm³/mol. The quantitative estimate of drug-likeness (QED) is 0.573. The van der Waals surface area contributed by atoms with Crippen molar-refractivity contribution in [3.8, 4) is 11.5 Å². The number of carbonyl (C=O) groups excluding carboxylic acids is 1. The third-order valence-electron chi connectivity index (χ3n) is 5.34. The van der Waals surface area contributed by atoms with Gasteiger partial charge in [-0.25, -0.2) is 4.98 Å². The van der Waals surface area contributed by atoms with Gasteiger partial charge in [0.25, 0.3) is 5.91 Å². The van der Waals surface area contributed by atoms with Gasteiger partial charge in [0.1, 0.15) is 6.61 Å². The van der Waals surface area contributed by atoms with E-state index in [1.54, 1.807) is 31.4 Å². The lowest BCUT2D eigenvalue weighted by molar-refractivity contribution is 0.0724. The van der Waals surface area contributed by atoms with Gasteiger partial charge in [0.2, 0.25) is 0 Å². The van der Waals surface area contributed by atoms with Gasteiger partial charge >= 0.3 is 0 Å². The Labute approximate surface area is 170 Å². The van der Waals surface area contributed by atoms with Gasteiger partial charge in [-0.3, -0.25) is 4.79 Å². The molecule has 4 rings (SSSR count). The number of methoxy groups -OCH3 is 1. The molecular weight excluding hydrogens is 366 g/mol. The lowest BCUT2D eigenvalue weighted by atomic mass is 10.1. The van der Waals surface area contributed by atoms with Crippen LogP contribution in [0.1, 0.15) is 23.2 Å². The molecule has 0 spiro atoms. The molecule has 0 N–H and O–H groups in total. The van der Waals surface area contributed by atoms with Crippen LogP contribution in [0.5, 0.6) is 11.5 Å². The number of rotatable bonds is 7. The third-order valence-corrected chi connectivity index (χ3v) is 5.34. The fourth-order valence-electron chi connectivity index (χ4n) is 3.91. The standard InChI is InChI=1S/C23H25N3O3/c1-3-13-29-21-11-10-17(14-22(21)28-2)23(27)26-12-6-7-18(26)15-25-16-24-19-8-4-5-9-20(19)25/h3-5,8-11,14,16,18H,1,6-7,12-13,15H2,2H3/t18-/m1/s1. The van der Waals surface area contributed by atoms with Gasteiger partial charge in [0, 0.05) is 18.7 Å². The zero-order chi connectivity index (χ0) is 20.2. The van der Waals surface area contributed by atoms with Crippen LogP contribution < -0.4 is 9.47 Å². The Morgan fingerprint density at radius 2 is 2.14 bits per heavy atom. The molecule has 1 atom stereocenters. The summed E-state index contributed by atoms with van der Waals surface area (Å²) in [4.78, 5) is 19.7. The number of benzene rings is 2. The van der Waals surface area contributed by atoms with Gasteiger partial charge in [-0.15, -0.1) is 0 Å². The summed E-state index contributed by atoms with van der Waals surface area (Å²) in [7, 11) is 1.58.